The van der Waals surface area contributed by atoms with Crippen molar-refractivity contribution in [1.29, 1.82) is 0 Å². The van der Waals surface area contributed by atoms with Gasteiger partial charge in [-0.05, 0) is 71.0 Å². The molecule has 0 atom stereocenters. The van der Waals surface area contributed by atoms with Crippen LogP contribution in [0.15, 0.2) is 116 Å². The van der Waals surface area contributed by atoms with Crippen LogP contribution in [0.3, 0.4) is 0 Å². The third-order valence-corrected chi connectivity index (χ3v) is 8.83. The lowest BCUT2D eigenvalue weighted by Gasteiger charge is -2.13. The standard InChI is InChI=1S/C36H21N5/c1-2-8-22(9-3-1)40-29-12-5-4-10-23(29)26-15-14-21-20-28-25(31(21)33(26)40)17-16-24-27-11-6-19-38-35(27)41-30-13-7-18-37-34(30)39-36(41)32(24)28/h1-19H,20H2. The highest BCUT2D eigenvalue weighted by molar-refractivity contribution is 6.19. The van der Waals surface area contributed by atoms with E-state index in [0.717, 1.165) is 34.3 Å². The second-order valence-corrected chi connectivity index (χ2v) is 10.9. The smallest absolute Gasteiger partial charge is 0.178 e. The number of fused-ring (bicyclic) bond motifs is 16. The molecule has 5 heterocycles. The van der Waals surface area contributed by atoms with E-state index < -0.39 is 0 Å². The van der Waals surface area contributed by atoms with E-state index in [1.165, 1.54) is 60.5 Å². The van der Waals surface area contributed by atoms with Gasteiger partial charge in [-0.15, -0.1) is 0 Å². The molecule has 0 unspecified atom stereocenters. The van der Waals surface area contributed by atoms with Gasteiger partial charge in [-0.3, -0.25) is 4.40 Å². The van der Waals surface area contributed by atoms with Crippen LogP contribution in [0.5, 0.6) is 0 Å². The van der Waals surface area contributed by atoms with Crippen molar-refractivity contribution in [3.8, 4) is 16.8 Å². The van der Waals surface area contributed by atoms with E-state index in [-0.39, 0.29) is 0 Å². The maximum atomic E-state index is 5.10. The molecule has 10 rings (SSSR count). The van der Waals surface area contributed by atoms with E-state index in [1.807, 2.05) is 24.5 Å². The van der Waals surface area contributed by atoms with Crippen LogP contribution < -0.4 is 0 Å². The minimum Gasteiger partial charge on any atom is -0.309 e. The van der Waals surface area contributed by atoms with Crippen LogP contribution >= 0.6 is 0 Å². The van der Waals surface area contributed by atoms with Crippen LogP contribution in [-0.2, 0) is 6.42 Å². The summed E-state index contributed by atoms with van der Waals surface area (Å²) < 4.78 is 4.64. The molecule has 0 spiro atoms. The zero-order valence-corrected chi connectivity index (χ0v) is 21.9. The largest absolute Gasteiger partial charge is 0.309 e. The summed E-state index contributed by atoms with van der Waals surface area (Å²) in [5, 5.41) is 6.05. The zero-order valence-electron chi connectivity index (χ0n) is 21.9. The summed E-state index contributed by atoms with van der Waals surface area (Å²) in [6.07, 6.45) is 4.52. The summed E-state index contributed by atoms with van der Waals surface area (Å²) in [5.74, 6) is 0. The maximum absolute atomic E-state index is 5.10. The van der Waals surface area contributed by atoms with Gasteiger partial charge in [0, 0.05) is 45.2 Å². The molecule has 0 radical (unpaired) electrons. The molecule has 5 aromatic heterocycles. The first-order valence-electron chi connectivity index (χ1n) is 13.9. The molecule has 1 aliphatic rings. The number of benzene rings is 4. The van der Waals surface area contributed by atoms with Crippen molar-refractivity contribution in [3.05, 3.63) is 127 Å². The predicted molar refractivity (Wildman–Crippen MR) is 166 cm³/mol. The van der Waals surface area contributed by atoms with Crippen molar-refractivity contribution >= 4 is 60.4 Å². The highest BCUT2D eigenvalue weighted by atomic mass is 15.1. The lowest BCUT2D eigenvalue weighted by molar-refractivity contribution is 1.18. The average Bonchev–Trinajstić information content (AvgIpc) is 3.71. The summed E-state index contributed by atoms with van der Waals surface area (Å²) in [6.45, 7) is 0. The minimum absolute atomic E-state index is 0.742. The van der Waals surface area contributed by atoms with Crippen LogP contribution in [0, 0.1) is 0 Å². The van der Waals surface area contributed by atoms with Crippen molar-refractivity contribution in [3.63, 3.8) is 0 Å². The Morgan fingerprint density at radius 3 is 2.32 bits per heavy atom. The molecular weight excluding hydrogens is 502 g/mol. The Hall–Kier alpha value is -5.55. The Bertz CT molecular complexity index is 2550. The van der Waals surface area contributed by atoms with Crippen LogP contribution in [0.1, 0.15) is 11.1 Å². The third kappa shape index (κ3) is 2.63. The molecule has 1 aliphatic carbocycles. The lowest BCUT2D eigenvalue weighted by atomic mass is 9.97. The molecule has 41 heavy (non-hydrogen) atoms. The average molecular weight is 524 g/mol. The van der Waals surface area contributed by atoms with E-state index in [9.17, 15) is 0 Å². The number of para-hydroxylation sites is 2. The highest BCUT2D eigenvalue weighted by Gasteiger charge is 2.28. The predicted octanol–water partition coefficient (Wildman–Crippen LogP) is 8.25. The summed E-state index contributed by atoms with van der Waals surface area (Å²) in [5.41, 5.74) is 12.5. The molecule has 0 amide bonds. The molecule has 0 N–H and O–H groups in total. The number of hydrogen-bond acceptors (Lipinski definition) is 3. The van der Waals surface area contributed by atoms with Gasteiger partial charge in [-0.25, -0.2) is 15.0 Å². The molecule has 9 aromatic rings. The molecule has 0 saturated heterocycles. The number of nitrogens with zero attached hydrogens (tertiary/aromatic N) is 5. The van der Waals surface area contributed by atoms with E-state index in [2.05, 4.69) is 105 Å². The van der Waals surface area contributed by atoms with Crippen molar-refractivity contribution in [2.24, 2.45) is 0 Å². The van der Waals surface area contributed by atoms with Crippen LogP contribution in [0.2, 0.25) is 0 Å². The number of rotatable bonds is 1. The molecule has 0 saturated carbocycles. The van der Waals surface area contributed by atoms with Gasteiger partial charge in [-0.1, -0.05) is 60.7 Å². The second kappa shape index (κ2) is 7.55. The summed E-state index contributed by atoms with van der Waals surface area (Å²) in [7, 11) is 0. The fraction of sp³-hybridized carbons (Fsp3) is 0.0278. The molecule has 5 heteroatoms. The van der Waals surface area contributed by atoms with Gasteiger partial charge in [0.25, 0.3) is 0 Å². The van der Waals surface area contributed by atoms with Gasteiger partial charge in [0.05, 0.1) is 16.6 Å². The fourth-order valence-corrected chi connectivity index (χ4v) is 7.21. The van der Waals surface area contributed by atoms with Crippen molar-refractivity contribution in [2.45, 2.75) is 6.42 Å². The number of aromatic nitrogens is 5. The quantitative estimate of drug-likeness (QED) is 0.204. The van der Waals surface area contributed by atoms with E-state index in [4.69, 9.17) is 9.97 Å². The Morgan fingerprint density at radius 1 is 0.585 bits per heavy atom. The van der Waals surface area contributed by atoms with Crippen LogP contribution in [0.4, 0.5) is 0 Å². The van der Waals surface area contributed by atoms with Gasteiger partial charge in [0.1, 0.15) is 11.3 Å². The number of pyridine rings is 3. The molecule has 0 aliphatic heterocycles. The minimum atomic E-state index is 0.742. The Morgan fingerprint density at radius 2 is 1.37 bits per heavy atom. The van der Waals surface area contributed by atoms with E-state index in [0.29, 0.717) is 0 Å². The molecule has 0 fully saturated rings. The monoisotopic (exact) mass is 523 g/mol. The van der Waals surface area contributed by atoms with E-state index in [1.54, 1.807) is 0 Å². The van der Waals surface area contributed by atoms with Crippen molar-refractivity contribution in [1.82, 2.24) is 23.9 Å². The van der Waals surface area contributed by atoms with Crippen LogP contribution in [0.25, 0.3) is 77.2 Å². The molecule has 5 nitrogen and oxygen atoms in total. The second-order valence-electron chi connectivity index (χ2n) is 10.9. The Balaban J connectivity index is 1.40. The highest BCUT2D eigenvalue weighted by Crippen LogP contribution is 2.48. The summed E-state index contributed by atoms with van der Waals surface area (Å²) in [4.78, 5) is 14.5. The van der Waals surface area contributed by atoms with Crippen LogP contribution in [-0.4, -0.2) is 23.9 Å². The molecule has 4 aromatic carbocycles. The molecular formula is C36H21N5. The molecule has 0 bridgehead atoms. The van der Waals surface area contributed by atoms with Gasteiger partial charge < -0.3 is 4.57 Å². The fourth-order valence-electron chi connectivity index (χ4n) is 7.21. The topological polar surface area (TPSA) is 48.0 Å². The van der Waals surface area contributed by atoms with Gasteiger partial charge in [-0.2, -0.15) is 0 Å². The normalized spacial score (nSPS) is 12.8. The Labute approximate surface area is 234 Å². The SMILES string of the molecule is c1ccc(-n2c3ccccc3c3ccc4c(c32)-c2ccc3c5cccnc5n5c6cccnc6nc5c3c2C4)cc1. The Kier molecular flexibility index (Phi) is 3.92. The summed E-state index contributed by atoms with van der Waals surface area (Å²) >= 11 is 0. The van der Waals surface area contributed by atoms with Gasteiger partial charge in [0.15, 0.2) is 5.65 Å². The number of imidazole rings is 1. The van der Waals surface area contributed by atoms with Gasteiger partial charge in [0.2, 0.25) is 0 Å². The summed E-state index contributed by atoms with van der Waals surface area (Å²) in [6, 6.07) is 37.0. The van der Waals surface area contributed by atoms with E-state index >= 15 is 0 Å². The van der Waals surface area contributed by atoms with Crippen molar-refractivity contribution < 1.29 is 0 Å². The first kappa shape index (κ1) is 21.3. The zero-order chi connectivity index (χ0) is 26.7. The number of hydrogen-bond donors (Lipinski definition) is 0. The first-order valence-corrected chi connectivity index (χ1v) is 13.9. The molecule has 190 valence electrons. The lowest BCUT2D eigenvalue weighted by Crippen LogP contribution is -1.96. The maximum Gasteiger partial charge on any atom is 0.178 e. The third-order valence-electron chi connectivity index (χ3n) is 8.83. The van der Waals surface area contributed by atoms with Crippen molar-refractivity contribution in [2.75, 3.05) is 0 Å². The first-order chi connectivity index (χ1) is 20.4. The van der Waals surface area contributed by atoms with Gasteiger partial charge >= 0.3 is 0 Å².